The topological polar surface area (TPSA) is 43.8 Å². The number of rotatable bonds is 4. The highest BCUT2D eigenvalue weighted by atomic mass is 15.3. The third kappa shape index (κ3) is 2.61. The monoisotopic (exact) mass is 249 g/mol. The Morgan fingerprint density at radius 2 is 2.11 bits per heavy atom. The minimum absolute atomic E-state index is 0.180. The molecule has 0 bridgehead atoms. The smallest absolute Gasteiger partial charge is 0.0669 e. The Balaban J connectivity index is 2.20. The molecule has 2 rings (SSSR count). The predicted octanol–water partition coefficient (Wildman–Crippen LogP) is 3.20. The number of aryl methyl sites for hydroxylation is 2. The number of nitrogens with two attached hydrogens (primary N) is 1. The van der Waals surface area contributed by atoms with Crippen molar-refractivity contribution in [3.05, 3.63) is 17.5 Å². The molecule has 1 aromatic rings. The number of hydrogen-bond acceptors (Lipinski definition) is 2. The molecule has 1 aliphatic rings. The molecule has 18 heavy (non-hydrogen) atoms. The van der Waals surface area contributed by atoms with Crippen molar-refractivity contribution in [2.24, 2.45) is 24.6 Å². The first-order chi connectivity index (χ1) is 8.67. The third-order valence-electron chi connectivity index (χ3n) is 4.59. The van der Waals surface area contributed by atoms with E-state index in [1.807, 2.05) is 11.7 Å². The summed E-state index contributed by atoms with van der Waals surface area (Å²) in [5.74, 6) is 1.46. The van der Waals surface area contributed by atoms with Crippen molar-refractivity contribution >= 4 is 0 Å². The Kier molecular flexibility index (Phi) is 4.44. The molecule has 3 heteroatoms. The number of hydrogen-bond donors (Lipinski definition) is 1. The fourth-order valence-electron chi connectivity index (χ4n) is 3.55. The summed E-state index contributed by atoms with van der Waals surface area (Å²) in [6.07, 6.45) is 9.75. The lowest BCUT2D eigenvalue weighted by atomic mass is 9.72. The maximum atomic E-state index is 6.57. The van der Waals surface area contributed by atoms with Crippen LogP contribution in [0.25, 0.3) is 0 Å². The van der Waals surface area contributed by atoms with Gasteiger partial charge >= 0.3 is 0 Å². The minimum atomic E-state index is 0.180. The largest absolute Gasteiger partial charge is 0.324 e. The summed E-state index contributed by atoms with van der Waals surface area (Å²) in [4.78, 5) is 0. The van der Waals surface area contributed by atoms with Gasteiger partial charge in [-0.05, 0) is 24.7 Å². The Hall–Kier alpha value is -0.830. The van der Waals surface area contributed by atoms with Crippen molar-refractivity contribution in [2.75, 3.05) is 0 Å². The van der Waals surface area contributed by atoms with E-state index in [4.69, 9.17) is 5.73 Å². The second-order valence-corrected chi connectivity index (χ2v) is 5.70. The molecule has 0 saturated heterocycles. The summed E-state index contributed by atoms with van der Waals surface area (Å²) in [5, 5.41) is 4.53. The number of aromatic nitrogens is 2. The van der Waals surface area contributed by atoms with Gasteiger partial charge in [-0.1, -0.05) is 39.5 Å². The van der Waals surface area contributed by atoms with Crippen molar-refractivity contribution in [1.29, 1.82) is 0 Å². The molecular weight excluding hydrogens is 222 g/mol. The summed E-state index contributed by atoms with van der Waals surface area (Å²) in [6.45, 7) is 4.47. The van der Waals surface area contributed by atoms with Gasteiger partial charge in [0.2, 0.25) is 0 Å². The molecule has 1 heterocycles. The first-order valence-electron chi connectivity index (χ1n) is 7.45. The van der Waals surface area contributed by atoms with Gasteiger partial charge in [0, 0.05) is 24.8 Å². The highest BCUT2D eigenvalue weighted by molar-refractivity contribution is 5.22. The zero-order valence-electron chi connectivity index (χ0n) is 12.0. The van der Waals surface area contributed by atoms with Crippen molar-refractivity contribution in [3.8, 4) is 0 Å². The zero-order valence-corrected chi connectivity index (χ0v) is 12.0. The van der Waals surface area contributed by atoms with Crippen LogP contribution in [0, 0.1) is 11.8 Å². The Morgan fingerprint density at radius 1 is 1.39 bits per heavy atom. The van der Waals surface area contributed by atoms with Crippen LogP contribution in [0.1, 0.15) is 63.3 Å². The lowest BCUT2D eigenvalue weighted by molar-refractivity contribution is 0.196. The van der Waals surface area contributed by atoms with E-state index in [0.717, 1.165) is 12.3 Å². The maximum absolute atomic E-state index is 6.57. The van der Waals surface area contributed by atoms with Crippen LogP contribution < -0.4 is 5.73 Å². The molecule has 3 unspecified atom stereocenters. The summed E-state index contributed by atoms with van der Waals surface area (Å²) >= 11 is 0. The van der Waals surface area contributed by atoms with E-state index in [2.05, 4.69) is 25.1 Å². The van der Waals surface area contributed by atoms with E-state index >= 15 is 0 Å². The first kappa shape index (κ1) is 13.6. The van der Waals surface area contributed by atoms with Crippen LogP contribution in [-0.4, -0.2) is 9.78 Å². The van der Waals surface area contributed by atoms with Gasteiger partial charge in [-0.25, -0.2) is 0 Å². The highest BCUT2D eigenvalue weighted by Gasteiger charge is 2.31. The Labute approximate surface area is 111 Å². The third-order valence-corrected chi connectivity index (χ3v) is 4.59. The standard InChI is InChI=1S/C15H27N3/c1-4-11-8-6-7-9-12(11)15(16)13-10-18(3)17-14(13)5-2/h10-12,15H,4-9,16H2,1-3H3. The summed E-state index contributed by atoms with van der Waals surface area (Å²) in [7, 11) is 1.99. The van der Waals surface area contributed by atoms with Gasteiger partial charge in [0.05, 0.1) is 5.69 Å². The van der Waals surface area contributed by atoms with Gasteiger partial charge in [-0.3, -0.25) is 4.68 Å². The molecule has 3 nitrogen and oxygen atoms in total. The lowest BCUT2D eigenvalue weighted by Gasteiger charge is -2.35. The SMILES string of the molecule is CCc1nn(C)cc1C(N)C1CCCCC1CC. The molecule has 0 spiro atoms. The molecule has 1 aliphatic carbocycles. The molecule has 2 N–H and O–H groups in total. The normalized spacial score (nSPS) is 26.2. The van der Waals surface area contributed by atoms with Gasteiger partial charge in [-0.15, -0.1) is 0 Å². The van der Waals surface area contributed by atoms with E-state index in [1.165, 1.54) is 43.4 Å². The van der Waals surface area contributed by atoms with Gasteiger partial charge in [0.15, 0.2) is 0 Å². The fraction of sp³-hybridized carbons (Fsp3) is 0.800. The van der Waals surface area contributed by atoms with Crippen molar-refractivity contribution in [2.45, 2.75) is 58.4 Å². The van der Waals surface area contributed by atoms with E-state index < -0.39 is 0 Å². The van der Waals surface area contributed by atoms with Crippen molar-refractivity contribution in [1.82, 2.24) is 9.78 Å². The quantitative estimate of drug-likeness (QED) is 0.890. The lowest BCUT2D eigenvalue weighted by Crippen LogP contribution is -2.30. The van der Waals surface area contributed by atoms with E-state index in [1.54, 1.807) is 0 Å². The molecule has 1 fully saturated rings. The summed E-state index contributed by atoms with van der Waals surface area (Å²) in [6, 6.07) is 0.180. The molecule has 1 saturated carbocycles. The minimum Gasteiger partial charge on any atom is -0.324 e. The Morgan fingerprint density at radius 3 is 2.78 bits per heavy atom. The Bertz CT molecular complexity index is 383. The summed E-state index contributed by atoms with van der Waals surface area (Å²) < 4.78 is 1.91. The summed E-state index contributed by atoms with van der Waals surface area (Å²) in [5.41, 5.74) is 9.04. The van der Waals surface area contributed by atoms with E-state index in [-0.39, 0.29) is 6.04 Å². The van der Waals surface area contributed by atoms with Crippen LogP contribution in [-0.2, 0) is 13.5 Å². The molecule has 0 amide bonds. The van der Waals surface area contributed by atoms with Gasteiger partial charge in [-0.2, -0.15) is 5.10 Å². The molecule has 0 aromatic carbocycles. The second-order valence-electron chi connectivity index (χ2n) is 5.70. The van der Waals surface area contributed by atoms with E-state index in [9.17, 15) is 0 Å². The molecule has 0 aliphatic heterocycles. The van der Waals surface area contributed by atoms with Crippen LogP contribution in [0.2, 0.25) is 0 Å². The van der Waals surface area contributed by atoms with Gasteiger partial charge in [0.25, 0.3) is 0 Å². The first-order valence-corrected chi connectivity index (χ1v) is 7.45. The van der Waals surface area contributed by atoms with Crippen LogP contribution in [0.4, 0.5) is 0 Å². The van der Waals surface area contributed by atoms with Crippen LogP contribution >= 0.6 is 0 Å². The van der Waals surface area contributed by atoms with E-state index in [0.29, 0.717) is 5.92 Å². The maximum Gasteiger partial charge on any atom is 0.0669 e. The average Bonchev–Trinajstić information content (AvgIpc) is 2.79. The van der Waals surface area contributed by atoms with Crippen molar-refractivity contribution < 1.29 is 0 Å². The molecule has 102 valence electrons. The predicted molar refractivity (Wildman–Crippen MR) is 75.3 cm³/mol. The zero-order chi connectivity index (χ0) is 13.1. The molecular formula is C15H27N3. The molecule has 1 aromatic heterocycles. The fourth-order valence-corrected chi connectivity index (χ4v) is 3.55. The van der Waals surface area contributed by atoms with Gasteiger partial charge in [0.1, 0.15) is 0 Å². The van der Waals surface area contributed by atoms with Crippen LogP contribution in [0.15, 0.2) is 6.20 Å². The van der Waals surface area contributed by atoms with Crippen molar-refractivity contribution in [3.63, 3.8) is 0 Å². The molecule has 3 atom stereocenters. The second kappa shape index (κ2) is 5.87. The average molecular weight is 249 g/mol. The van der Waals surface area contributed by atoms with Crippen LogP contribution in [0.3, 0.4) is 0 Å². The highest BCUT2D eigenvalue weighted by Crippen LogP contribution is 2.39. The molecule has 0 radical (unpaired) electrons. The number of nitrogens with zero attached hydrogens (tertiary/aromatic N) is 2. The van der Waals surface area contributed by atoms with Gasteiger partial charge < -0.3 is 5.73 Å². The van der Waals surface area contributed by atoms with Crippen LogP contribution in [0.5, 0.6) is 0 Å².